The largest absolute Gasteiger partial charge is 0.455 e. The van der Waals surface area contributed by atoms with Crippen LogP contribution in [0.5, 0.6) is 0 Å². The molecule has 0 saturated heterocycles. The van der Waals surface area contributed by atoms with Crippen LogP contribution in [0.15, 0.2) is 42.5 Å². The van der Waals surface area contributed by atoms with Crippen LogP contribution in [-0.2, 0) is 14.3 Å². The zero-order valence-electron chi connectivity index (χ0n) is 14.0. The summed E-state index contributed by atoms with van der Waals surface area (Å²) in [6, 6.07) is 13.7. The van der Waals surface area contributed by atoms with Gasteiger partial charge in [0.15, 0.2) is 6.61 Å². The molecule has 1 amide bonds. The summed E-state index contributed by atoms with van der Waals surface area (Å²) in [6.07, 6.45) is 0.329. The van der Waals surface area contributed by atoms with Gasteiger partial charge in [0.1, 0.15) is 9.75 Å². The zero-order valence-corrected chi connectivity index (χ0v) is 15.5. The molecule has 25 heavy (non-hydrogen) atoms. The second kappa shape index (κ2) is 6.50. The van der Waals surface area contributed by atoms with Crippen molar-refractivity contribution in [3.63, 3.8) is 0 Å². The number of ether oxygens (including phenoxy) is 1. The predicted octanol–water partition coefficient (Wildman–Crippen LogP) is 4.14. The second-order valence-corrected chi connectivity index (χ2v) is 8.13. The molecule has 2 aromatic rings. The highest BCUT2D eigenvalue weighted by atomic mass is 35.5. The molecule has 3 rings (SSSR count). The van der Waals surface area contributed by atoms with Gasteiger partial charge in [-0.15, -0.1) is 23.2 Å². The van der Waals surface area contributed by atoms with Crippen molar-refractivity contribution in [2.24, 2.45) is 5.41 Å². The summed E-state index contributed by atoms with van der Waals surface area (Å²) < 4.78 is 3.97. The number of esters is 1. The Morgan fingerprint density at radius 2 is 1.84 bits per heavy atom. The normalized spacial score (nSPS) is 22.2. The average Bonchev–Trinajstić information content (AvgIpc) is 3.11. The highest BCUT2D eigenvalue weighted by Gasteiger charge is 2.69. The van der Waals surface area contributed by atoms with Gasteiger partial charge in [0.05, 0.1) is 6.04 Å². The van der Waals surface area contributed by atoms with Gasteiger partial charge >= 0.3 is 5.97 Å². The number of hydrogen-bond acceptors (Lipinski definition) is 3. The first-order valence-electron chi connectivity index (χ1n) is 8.07. The summed E-state index contributed by atoms with van der Waals surface area (Å²) in [5.74, 6) is -0.918. The van der Waals surface area contributed by atoms with Crippen molar-refractivity contribution in [2.45, 2.75) is 30.6 Å². The lowest BCUT2D eigenvalue weighted by atomic mass is 10.00. The van der Waals surface area contributed by atoms with E-state index >= 15 is 0 Å². The van der Waals surface area contributed by atoms with Crippen LogP contribution >= 0.6 is 23.2 Å². The lowest BCUT2D eigenvalue weighted by molar-refractivity contribution is -0.153. The third-order valence-corrected chi connectivity index (χ3v) is 5.81. The summed E-state index contributed by atoms with van der Waals surface area (Å²) in [5, 5.41) is 5.04. The van der Waals surface area contributed by atoms with Crippen molar-refractivity contribution in [3.8, 4) is 0 Å². The molecule has 2 aromatic carbocycles. The number of rotatable bonds is 5. The molecule has 1 saturated carbocycles. The summed E-state index contributed by atoms with van der Waals surface area (Å²) in [7, 11) is 0. The third-order valence-electron chi connectivity index (χ3n) is 4.71. The maximum absolute atomic E-state index is 12.1. The van der Waals surface area contributed by atoms with Crippen molar-refractivity contribution in [3.05, 3.63) is 48.0 Å². The van der Waals surface area contributed by atoms with Gasteiger partial charge < -0.3 is 10.1 Å². The molecule has 0 radical (unpaired) electrons. The zero-order chi connectivity index (χ0) is 18.2. The van der Waals surface area contributed by atoms with Crippen LogP contribution in [0.25, 0.3) is 10.8 Å². The van der Waals surface area contributed by atoms with E-state index in [9.17, 15) is 9.59 Å². The quantitative estimate of drug-likeness (QED) is 0.627. The Balaban J connectivity index is 1.60. The third kappa shape index (κ3) is 3.46. The van der Waals surface area contributed by atoms with E-state index in [2.05, 4.69) is 5.32 Å². The monoisotopic (exact) mass is 379 g/mol. The van der Waals surface area contributed by atoms with Crippen LogP contribution in [-0.4, -0.2) is 22.8 Å². The summed E-state index contributed by atoms with van der Waals surface area (Å²) in [5.41, 5.74) is 0.0740. The van der Waals surface area contributed by atoms with E-state index in [4.69, 9.17) is 27.9 Å². The number of hydrogen-bond donors (Lipinski definition) is 1. The Bertz CT molecular complexity index is 831. The molecule has 0 spiro atoms. The van der Waals surface area contributed by atoms with Gasteiger partial charge in [-0.25, -0.2) is 0 Å². The molecule has 1 N–H and O–H groups in total. The smallest absolute Gasteiger partial charge is 0.315 e. The molecule has 1 fully saturated rings. The highest BCUT2D eigenvalue weighted by Crippen LogP contribution is 2.64. The molecule has 2 atom stereocenters. The van der Waals surface area contributed by atoms with Crippen LogP contribution in [0.3, 0.4) is 0 Å². The number of alkyl halides is 2. The first-order chi connectivity index (χ1) is 11.7. The standard InChI is InChI=1S/C19H19Cl2NO3/c1-12(14-9-5-7-13-6-3-4-8-15(13)14)22-16(23)10-25-17(24)18(2)11-19(18,20)21/h3-9,12H,10-11H2,1-2H3,(H,22,23)/t12-,18-/m1/s1. The van der Waals surface area contributed by atoms with Gasteiger partial charge in [-0.1, -0.05) is 42.5 Å². The number of nitrogens with one attached hydrogen (secondary N) is 1. The van der Waals surface area contributed by atoms with Crippen molar-refractivity contribution < 1.29 is 14.3 Å². The van der Waals surface area contributed by atoms with E-state index in [1.807, 2.05) is 49.4 Å². The van der Waals surface area contributed by atoms with Crippen LogP contribution in [0.1, 0.15) is 31.9 Å². The van der Waals surface area contributed by atoms with Crippen LogP contribution in [0.2, 0.25) is 0 Å². The minimum atomic E-state index is -1.10. The Morgan fingerprint density at radius 3 is 2.52 bits per heavy atom. The minimum absolute atomic E-state index is 0.214. The number of fused-ring (bicyclic) bond motifs is 1. The summed E-state index contributed by atoms with van der Waals surface area (Å²) in [4.78, 5) is 24.1. The first-order valence-corrected chi connectivity index (χ1v) is 8.82. The van der Waals surface area contributed by atoms with E-state index in [1.54, 1.807) is 6.92 Å². The van der Waals surface area contributed by atoms with Gasteiger partial charge in [-0.3, -0.25) is 9.59 Å². The van der Waals surface area contributed by atoms with Crippen molar-refractivity contribution in [1.29, 1.82) is 0 Å². The van der Waals surface area contributed by atoms with Gasteiger partial charge in [0.25, 0.3) is 5.91 Å². The molecular weight excluding hydrogens is 361 g/mol. The van der Waals surface area contributed by atoms with Gasteiger partial charge in [0, 0.05) is 6.42 Å². The van der Waals surface area contributed by atoms with Crippen molar-refractivity contribution >= 4 is 45.9 Å². The fraction of sp³-hybridized carbons (Fsp3) is 0.368. The molecule has 0 unspecified atom stereocenters. The first kappa shape index (κ1) is 18.0. The van der Waals surface area contributed by atoms with Crippen molar-refractivity contribution in [1.82, 2.24) is 5.32 Å². The Morgan fingerprint density at radius 1 is 1.20 bits per heavy atom. The van der Waals surface area contributed by atoms with Crippen molar-refractivity contribution in [2.75, 3.05) is 6.61 Å². The molecule has 132 valence electrons. The Hall–Kier alpha value is -1.78. The number of benzene rings is 2. The number of halogens is 2. The van der Waals surface area contributed by atoms with E-state index in [1.165, 1.54) is 0 Å². The fourth-order valence-corrected chi connectivity index (χ4v) is 3.59. The molecule has 1 aliphatic rings. The van der Waals surface area contributed by atoms with Crippen LogP contribution < -0.4 is 5.32 Å². The van der Waals surface area contributed by atoms with E-state index in [0.29, 0.717) is 6.42 Å². The summed E-state index contributed by atoms with van der Waals surface area (Å²) >= 11 is 11.9. The molecular formula is C19H19Cl2NO3. The fourth-order valence-electron chi connectivity index (χ4n) is 2.90. The lowest BCUT2D eigenvalue weighted by Crippen LogP contribution is -2.33. The summed E-state index contributed by atoms with van der Waals surface area (Å²) in [6.45, 7) is 3.17. The van der Waals surface area contributed by atoms with Gasteiger partial charge in [-0.05, 0) is 30.2 Å². The second-order valence-electron chi connectivity index (χ2n) is 6.65. The SMILES string of the molecule is C[C@@H](NC(=O)COC(=O)[C@@]1(C)CC1(Cl)Cl)c1cccc2ccccc12. The average molecular weight is 380 g/mol. The minimum Gasteiger partial charge on any atom is -0.455 e. The predicted molar refractivity (Wildman–Crippen MR) is 98.6 cm³/mol. The van der Waals surface area contributed by atoms with E-state index in [0.717, 1.165) is 16.3 Å². The highest BCUT2D eigenvalue weighted by molar-refractivity contribution is 6.53. The maximum atomic E-state index is 12.1. The molecule has 0 heterocycles. The molecule has 4 nitrogen and oxygen atoms in total. The molecule has 6 heteroatoms. The van der Waals surface area contributed by atoms with Gasteiger partial charge in [-0.2, -0.15) is 0 Å². The molecule has 0 aliphatic heterocycles. The Labute approximate surface area is 156 Å². The topological polar surface area (TPSA) is 55.4 Å². The number of carbonyl (C=O) groups is 2. The van der Waals surface area contributed by atoms with Crippen LogP contribution in [0, 0.1) is 5.41 Å². The molecule has 0 bridgehead atoms. The lowest BCUT2D eigenvalue weighted by Gasteiger charge is -2.17. The van der Waals surface area contributed by atoms with Crippen LogP contribution in [0.4, 0.5) is 0 Å². The number of amides is 1. The number of carbonyl (C=O) groups excluding carboxylic acids is 2. The maximum Gasteiger partial charge on any atom is 0.315 e. The molecule has 0 aromatic heterocycles. The van der Waals surface area contributed by atoms with E-state index in [-0.39, 0.29) is 18.6 Å². The van der Waals surface area contributed by atoms with Gasteiger partial charge in [0.2, 0.25) is 0 Å². The van der Waals surface area contributed by atoms with E-state index < -0.39 is 15.7 Å². The molecule has 1 aliphatic carbocycles. The Kier molecular flexibility index (Phi) is 4.69.